The van der Waals surface area contributed by atoms with Crippen LogP contribution in [0.3, 0.4) is 0 Å². The second-order valence-corrected chi connectivity index (χ2v) is 19.8. The maximum atomic E-state index is 4.97. The van der Waals surface area contributed by atoms with Gasteiger partial charge in [0.25, 0.3) is 0 Å². The summed E-state index contributed by atoms with van der Waals surface area (Å²) in [6.45, 7) is 4.63. The number of hydrogen-bond donors (Lipinski definition) is 0. The summed E-state index contributed by atoms with van der Waals surface area (Å²) < 4.78 is 1.56. The minimum atomic E-state index is -1.94. The molecule has 0 unspecified atom stereocenters. The molecule has 4 rings (SSSR count). The van der Waals surface area contributed by atoms with Crippen LogP contribution in [-0.2, 0) is 12.8 Å². The van der Waals surface area contributed by atoms with Crippen molar-refractivity contribution >= 4 is 17.7 Å². The van der Waals surface area contributed by atoms with Gasteiger partial charge in [-0.05, 0) is 0 Å². The molecule has 0 radical (unpaired) electrons. The molecule has 2 heteroatoms. The molecule has 0 N–H and O–H groups in total. The van der Waals surface area contributed by atoms with E-state index in [2.05, 4.69) is 85.8 Å². The zero-order valence-electron chi connectivity index (χ0n) is 17.1. The molecule has 0 aliphatic heterocycles. The Kier molecular flexibility index (Phi) is 4.75. The van der Waals surface area contributed by atoms with Gasteiger partial charge in [-0.3, -0.25) is 0 Å². The summed E-state index contributed by atoms with van der Waals surface area (Å²) in [5.41, 5.74) is 9.62. The van der Waals surface area contributed by atoms with Gasteiger partial charge in [0, 0.05) is 0 Å². The summed E-state index contributed by atoms with van der Waals surface area (Å²) in [6.07, 6.45) is 4.36. The maximum absolute atomic E-state index is 4.97. The van der Waals surface area contributed by atoms with Crippen LogP contribution in [0.15, 0.2) is 54.7 Å². The summed E-state index contributed by atoms with van der Waals surface area (Å²) in [4.78, 5) is 4.97. The van der Waals surface area contributed by atoms with Crippen molar-refractivity contribution < 1.29 is 0 Å². The topological polar surface area (TPSA) is 12.9 Å². The van der Waals surface area contributed by atoms with Gasteiger partial charge in [0.15, 0.2) is 0 Å². The van der Waals surface area contributed by atoms with Gasteiger partial charge in [-0.2, -0.15) is 0 Å². The van der Waals surface area contributed by atoms with Crippen LogP contribution in [0.1, 0.15) is 30.5 Å². The molecule has 1 nitrogen and oxygen atoms in total. The first kappa shape index (κ1) is 18.5. The van der Waals surface area contributed by atoms with Crippen molar-refractivity contribution in [1.82, 2.24) is 4.98 Å². The molecule has 0 spiro atoms. The Labute approximate surface area is 166 Å². The first-order chi connectivity index (χ1) is 12.8. The van der Waals surface area contributed by atoms with E-state index in [4.69, 9.17) is 4.98 Å². The van der Waals surface area contributed by atoms with E-state index < -0.39 is 13.3 Å². The van der Waals surface area contributed by atoms with E-state index in [9.17, 15) is 0 Å². The zero-order valence-corrected chi connectivity index (χ0v) is 19.2. The van der Waals surface area contributed by atoms with E-state index in [-0.39, 0.29) is 0 Å². The number of nitrogens with zero attached hydrogens (tertiary/aromatic N) is 1. The molecular formula is C25H29GeN. The van der Waals surface area contributed by atoms with Gasteiger partial charge >= 0.3 is 166 Å². The van der Waals surface area contributed by atoms with Crippen molar-refractivity contribution in [3.05, 3.63) is 71.4 Å². The van der Waals surface area contributed by atoms with E-state index in [0.717, 1.165) is 18.5 Å². The molecule has 0 fully saturated rings. The van der Waals surface area contributed by atoms with Crippen molar-refractivity contribution in [2.24, 2.45) is 5.92 Å². The van der Waals surface area contributed by atoms with Gasteiger partial charge in [0.05, 0.1) is 0 Å². The van der Waals surface area contributed by atoms with E-state index in [1.54, 1.807) is 4.40 Å². The molecule has 0 saturated carbocycles. The fourth-order valence-electron chi connectivity index (χ4n) is 4.33. The SMILES string of the molecule is CC(C)Cc1cc(-c2cccc3c2Cc2ccccc2-3)nc[c]1[Ge]([CH3])([CH3])[CH3]. The fourth-order valence-corrected chi connectivity index (χ4v) is 7.66. The summed E-state index contributed by atoms with van der Waals surface area (Å²) in [6, 6.07) is 17.9. The Morgan fingerprint density at radius 2 is 1.63 bits per heavy atom. The first-order valence-electron chi connectivity index (χ1n) is 10.0. The van der Waals surface area contributed by atoms with Crippen molar-refractivity contribution in [3.63, 3.8) is 0 Å². The average Bonchev–Trinajstić information content (AvgIpc) is 2.99. The third-order valence-electron chi connectivity index (χ3n) is 5.55. The van der Waals surface area contributed by atoms with Gasteiger partial charge in [0.1, 0.15) is 0 Å². The zero-order chi connectivity index (χ0) is 19.2. The van der Waals surface area contributed by atoms with Crippen LogP contribution in [0.5, 0.6) is 0 Å². The summed E-state index contributed by atoms with van der Waals surface area (Å²) in [5, 5.41) is 0. The van der Waals surface area contributed by atoms with Crippen LogP contribution in [0, 0.1) is 5.92 Å². The van der Waals surface area contributed by atoms with Gasteiger partial charge < -0.3 is 0 Å². The van der Waals surface area contributed by atoms with E-state index in [1.165, 1.54) is 33.4 Å². The molecule has 1 heterocycles. The fraction of sp³-hybridized carbons (Fsp3) is 0.320. The average molecular weight is 416 g/mol. The molecule has 0 atom stereocenters. The Balaban J connectivity index is 1.84. The summed E-state index contributed by atoms with van der Waals surface area (Å²) in [7, 11) is 0. The van der Waals surface area contributed by atoms with E-state index >= 15 is 0 Å². The second kappa shape index (κ2) is 6.94. The van der Waals surface area contributed by atoms with Gasteiger partial charge in [-0.1, -0.05) is 0 Å². The van der Waals surface area contributed by atoms with Gasteiger partial charge in [0.2, 0.25) is 0 Å². The molecule has 1 aliphatic carbocycles. The number of fused-ring (bicyclic) bond motifs is 3. The van der Waals surface area contributed by atoms with Crippen LogP contribution < -0.4 is 4.40 Å². The van der Waals surface area contributed by atoms with Gasteiger partial charge in [-0.15, -0.1) is 0 Å². The summed E-state index contributed by atoms with van der Waals surface area (Å²) >= 11 is -1.94. The van der Waals surface area contributed by atoms with Crippen molar-refractivity contribution in [1.29, 1.82) is 0 Å². The molecule has 1 aromatic heterocycles. The molecule has 138 valence electrons. The molecule has 0 amide bonds. The van der Waals surface area contributed by atoms with E-state index in [1.807, 2.05) is 0 Å². The number of benzene rings is 2. The molecular weight excluding hydrogens is 387 g/mol. The Bertz CT molecular complexity index is 995. The first-order valence-corrected chi connectivity index (χ1v) is 17.4. The van der Waals surface area contributed by atoms with Crippen LogP contribution >= 0.6 is 0 Å². The van der Waals surface area contributed by atoms with Crippen LogP contribution in [-0.4, -0.2) is 18.3 Å². The van der Waals surface area contributed by atoms with E-state index in [0.29, 0.717) is 5.92 Å². The van der Waals surface area contributed by atoms with Crippen LogP contribution in [0.4, 0.5) is 0 Å². The molecule has 0 bridgehead atoms. The van der Waals surface area contributed by atoms with Crippen LogP contribution in [0.25, 0.3) is 22.4 Å². The Morgan fingerprint density at radius 1 is 0.926 bits per heavy atom. The number of pyridine rings is 1. The predicted octanol–water partition coefficient (Wildman–Crippen LogP) is 6.06. The van der Waals surface area contributed by atoms with Crippen molar-refractivity contribution in [2.45, 2.75) is 44.0 Å². The summed E-state index contributed by atoms with van der Waals surface area (Å²) in [5.74, 6) is 8.07. The number of aromatic nitrogens is 1. The molecule has 2 aromatic carbocycles. The van der Waals surface area contributed by atoms with Crippen molar-refractivity contribution in [2.75, 3.05) is 0 Å². The molecule has 0 saturated heterocycles. The standard InChI is InChI=1S/C25H29GeN/c1-17(2)13-19-15-25(27-16-24(19)26(3,4)5)22-12-8-11-21-20-10-7-6-9-18(20)14-23(21)22/h6-12,15-17H,13-14H2,1-5H3. The molecule has 27 heavy (non-hydrogen) atoms. The molecule has 3 aromatic rings. The quantitative estimate of drug-likeness (QED) is 0.369. The number of rotatable bonds is 4. The number of hydrogen-bond acceptors (Lipinski definition) is 1. The minimum absolute atomic E-state index is 0.662. The van der Waals surface area contributed by atoms with Crippen LogP contribution in [0.2, 0.25) is 17.3 Å². The third kappa shape index (κ3) is 3.50. The monoisotopic (exact) mass is 417 g/mol. The van der Waals surface area contributed by atoms with Gasteiger partial charge in [-0.25, -0.2) is 0 Å². The molecule has 1 aliphatic rings. The third-order valence-corrected chi connectivity index (χ3v) is 9.89. The second-order valence-electron chi connectivity index (χ2n) is 9.24. The normalized spacial score (nSPS) is 13.0. The predicted molar refractivity (Wildman–Crippen MR) is 119 cm³/mol. The Morgan fingerprint density at radius 3 is 2.37 bits per heavy atom. The van der Waals surface area contributed by atoms with Crippen molar-refractivity contribution in [3.8, 4) is 22.4 Å². The Hall–Kier alpha value is -1.87.